The standard InChI is InChI=1S/C9H19N3O3/c1-5(2)3-7(8(11)14)12-9(15)6(10)4-13/h5-7,13H,3-4,10H2,1-2H3,(H2,11,14)(H,12,15)/t6-,7+/m0/s1. The third kappa shape index (κ3) is 5.34. The molecule has 6 heteroatoms. The van der Waals surface area contributed by atoms with Gasteiger partial charge in [-0.05, 0) is 12.3 Å². The van der Waals surface area contributed by atoms with Crippen LogP contribution in [-0.2, 0) is 9.59 Å². The van der Waals surface area contributed by atoms with Gasteiger partial charge in [-0.25, -0.2) is 0 Å². The molecule has 0 aromatic heterocycles. The molecule has 0 aliphatic carbocycles. The van der Waals surface area contributed by atoms with Crippen LogP contribution in [0.25, 0.3) is 0 Å². The molecular formula is C9H19N3O3. The van der Waals surface area contributed by atoms with Crippen molar-refractivity contribution in [1.82, 2.24) is 5.32 Å². The molecule has 0 aliphatic rings. The summed E-state index contributed by atoms with van der Waals surface area (Å²) >= 11 is 0. The molecule has 15 heavy (non-hydrogen) atoms. The first-order valence-corrected chi connectivity index (χ1v) is 4.84. The van der Waals surface area contributed by atoms with Crippen molar-refractivity contribution in [3.8, 4) is 0 Å². The summed E-state index contributed by atoms with van der Waals surface area (Å²) in [5.74, 6) is -0.933. The Morgan fingerprint density at radius 1 is 1.40 bits per heavy atom. The maximum Gasteiger partial charge on any atom is 0.240 e. The zero-order valence-corrected chi connectivity index (χ0v) is 9.06. The van der Waals surface area contributed by atoms with Crippen molar-refractivity contribution in [2.75, 3.05) is 6.61 Å². The Labute approximate surface area is 89.0 Å². The predicted octanol–water partition coefficient (Wildman–Crippen LogP) is -1.68. The average Bonchev–Trinajstić information content (AvgIpc) is 2.14. The van der Waals surface area contributed by atoms with Crippen LogP contribution in [0.4, 0.5) is 0 Å². The molecule has 0 aromatic carbocycles. The Hall–Kier alpha value is -1.14. The molecule has 6 nitrogen and oxygen atoms in total. The Morgan fingerprint density at radius 2 is 1.93 bits per heavy atom. The normalized spacial score (nSPS) is 14.7. The highest BCUT2D eigenvalue weighted by atomic mass is 16.3. The van der Waals surface area contributed by atoms with E-state index in [4.69, 9.17) is 16.6 Å². The van der Waals surface area contributed by atoms with Crippen molar-refractivity contribution < 1.29 is 14.7 Å². The van der Waals surface area contributed by atoms with Crippen LogP contribution in [-0.4, -0.2) is 35.6 Å². The smallest absolute Gasteiger partial charge is 0.240 e. The van der Waals surface area contributed by atoms with Crippen molar-refractivity contribution in [3.05, 3.63) is 0 Å². The Bertz CT molecular complexity index is 231. The van der Waals surface area contributed by atoms with Gasteiger partial charge in [0.1, 0.15) is 12.1 Å². The van der Waals surface area contributed by atoms with Crippen LogP contribution in [0.5, 0.6) is 0 Å². The molecule has 0 radical (unpaired) electrons. The highest BCUT2D eigenvalue weighted by molar-refractivity contribution is 5.88. The van der Waals surface area contributed by atoms with Crippen LogP contribution >= 0.6 is 0 Å². The third-order valence-electron chi connectivity index (χ3n) is 1.90. The first-order chi connectivity index (χ1) is 6.88. The fraction of sp³-hybridized carbons (Fsp3) is 0.778. The molecule has 0 saturated heterocycles. The number of amides is 2. The maximum absolute atomic E-state index is 11.3. The Morgan fingerprint density at radius 3 is 2.27 bits per heavy atom. The SMILES string of the molecule is CC(C)C[C@@H](NC(=O)[C@@H](N)CO)C(N)=O. The number of hydrogen-bond acceptors (Lipinski definition) is 4. The van der Waals surface area contributed by atoms with Crippen LogP contribution in [0.1, 0.15) is 20.3 Å². The van der Waals surface area contributed by atoms with Crippen molar-refractivity contribution in [2.45, 2.75) is 32.4 Å². The fourth-order valence-electron chi connectivity index (χ4n) is 1.08. The second kappa shape index (κ2) is 6.36. The van der Waals surface area contributed by atoms with Crippen LogP contribution in [0.3, 0.4) is 0 Å². The topological polar surface area (TPSA) is 118 Å². The zero-order valence-electron chi connectivity index (χ0n) is 9.06. The lowest BCUT2D eigenvalue weighted by Crippen LogP contribution is -2.51. The van der Waals surface area contributed by atoms with Crippen molar-refractivity contribution in [2.24, 2.45) is 17.4 Å². The molecule has 0 saturated carbocycles. The minimum atomic E-state index is -1.01. The van der Waals surface area contributed by atoms with E-state index in [0.29, 0.717) is 6.42 Å². The van der Waals surface area contributed by atoms with Gasteiger partial charge in [-0.2, -0.15) is 0 Å². The van der Waals surface area contributed by atoms with Crippen LogP contribution in [0.2, 0.25) is 0 Å². The number of primary amides is 1. The number of rotatable bonds is 6. The molecule has 2 atom stereocenters. The van der Waals surface area contributed by atoms with Gasteiger partial charge in [0.2, 0.25) is 11.8 Å². The van der Waals surface area contributed by atoms with Crippen molar-refractivity contribution in [3.63, 3.8) is 0 Å². The van der Waals surface area contributed by atoms with Gasteiger partial charge < -0.3 is 21.9 Å². The monoisotopic (exact) mass is 217 g/mol. The summed E-state index contributed by atoms with van der Waals surface area (Å²) in [6.45, 7) is 3.36. The van der Waals surface area contributed by atoms with E-state index >= 15 is 0 Å². The second-order valence-electron chi connectivity index (χ2n) is 3.88. The van der Waals surface area contributed by atoms with E-state index in [1.807, 2.05) is 13.8 Å². The molecule has 0 aliphatic heterocycles. The summed E-state index contributed by atoms with van der Waals surface area (Å²) in [4.78, 5) is 22.3. The maximum atomic E-state index is 11.3. The van der Waals surface area contributed by atoms with Crippen LogP contribution < -0.4 is 16.8 Å². The molecule has 88 valence electrons. The van der Waals surface area contributed by atoms with Gasteiger partial charge >= 0.3 is 0 Å². The first kappa shape index (κ1) is 13.9. The molecule has 2 amide bonds. The van der Waals surface area contributed by atoms with Gasteiger partial charge in [0.25, 0.3) is 0 Å². The highest BCUT2D eigenvalue weighted by Gasteiger charge is 2.21. The number of carbonyl (C=O) groups is 2. The average molecular weight is 217 g/mol. The quantitative estimate of drug-likeness (QED) is 0.425. The van der Waals surface area contributed by atoms with Gasteiger partial charge in [-0.15, -0.1) is 0 Å². The van der Waals surface area contributed by atoms with E-state index in [2.05, 4.69) is 5.32 Å². The van der Waals surface area contributed by atoms with E-state index in [1.165, 1.54) is 0 Å². The fourth-order valence-corrected chi connectivity index (χ4v) is 1.08. The molecule has 0 bridgehead atoms. The largest absolute Gasteiger partial charge is 0.394 e. The number of hydrogen-bond donors (Lipinski definition) is 4. The van der Waals surface area contributed by atoms with E-state index in [0.717, 1.165) is 0 Å². The lowest BCUT2D eigenvalue weighted by molar-refractivity contribution is -0.129. The lowest BCUT2D eigenvalue weighted by Gasteiger charge is -2.19. The van der Waals surface area contributed by atoms with Crippen molar-refractivity contribution in [1.29, 1.82) is 0 Å². The molecule has 0 aromatic rings. The van der Waals surface area contributed by atoms with Gasteiger partial charge in [0.15, 0.2) is 0 Å². The summed E-state index contributed by atoms with van der Waals surface area (Å²) < 4.78 is 0. The molecular weight excluding hydrogens is 198 g/mol. The number of carbonyl (C=O) groups excluding carboxylic acids is 2. The number of aliphatic hydroxyl groups excluding tert-OH is 1. The minimum absolute atomic E-state index is 0.230. The zero-order chi connectivity index (χ0) is 12.0. The second-order valence-corrected chi connectivity index (χ2v) is 3.88. The Balaban J connectivity index is 4.29. The van der Waals surface area contributed by atoms with Gasteiger partial charge in [0, 0.05) is 0 Å². The van der Waals surface area contributed by atoms with E-state index in [-0.39, 0.29) is 5.92 Å². The molecule has 0 rings (SSSR count). The summed E-state index contributed by atoms with van der Waals surface area (Å²) in [6.07, 6.45) is 0.458. The summed E-state index contributed by atoms with van der Waals surface area (Å²) in [5.41, 5.74) is 10.4. The van der Waals surface area contributed by atoms with E-state index in [9.17, 15) is 9.59 Å². The molecule has 6 N–H and O–H groups in total. The molecule has 0 heterocycles. The van der Waals surface area contributed by atoms with Crippen molar-refractivity contribution >= 4 is 11.8 Å². The van der Waals surface area contributed by atoms with E-state index in [1.54, 1.807) is 0 Å². The Kier molecular flexibility index (Phi) is 5.88. The molecule has 0 unspecified atom stereocenters. The number of aliphatic hydroxyl groups is 1. The lowest BCUT2D eigenvalue weighted by atomic mass is 10.0. The van der Waals surface area contributed by atoms with Gasteiger partial charge in [-0.1, -0.05) is 13.8 Å². The minimum Gasteiger partial charge on any atom is -0.394 e. The van der Waals surface area contributed by atoms with Gasteiger partial charge in [0.05, 0.1) is 6.61 Å². The predicted molar refractivity (Wildman–Crippen MR) is 55.6 cm³/mol. The molecule has 0 fully saturated rings. The third-order valence-corrected chi connectivity index (χ3v) is 1.90. The first-order valence-electron chi connectivity index (χ1n) is 4.84. The highest BCUT2D eigenvalue weighted by Crippen LogP contribution is 2.04. The van der Waals surface area contributed by atoms with Crippen LogP contribution in [0.15, 0.2) is 0 Å². The summed E-state index contributed by atoms with van der Waals surface area (Å²) in [7, 11) is 0. The summed E-state index contributed by atoms with van der Waals surface area (Å²) in [5, 5.41) is 11.0. The molecule has 0 spiro atoms. The van der Waals surface area contributed by atoms with Gasteiger partial charge in [-0.3, -0.25) is 9.59 Å². The summed E-state index contributed by atoms with van der Waals surface area (Å²) in [6, 6.07) is -1.74. The van der Waals surface area contributed by atoms with E-state index < -0.39 is 30.5 Å². The number of nitrogens with two attached hydrogens (primary N) is 2. The number of nitrogens with one attached hydrogen (secondary N) is 1. The van der Waals surface area contributed by atoms with Crippen LogP contribution in [0, 0.1) is 5.92 Å².